The van der Waals surface area contributed by atoms with Gasteiger partial charge in [-0.1, -0.05) is 0 Å². The van der Waals surface area contributed by atoms with Gasteiger partial charge in [0.15, 0.2) is 10.7 Å². The second-order valence-corrected chi connectivity index (χ2v) is 7.25. The number of halogens is 4. The predicted molar refractivity (Wildman–Crippen MR) is 107 cm³/mol. The van der Waals surface area contributed by atoms with Crippen LogP contribution in [0.1, 0.15) is 25.1 Å². The van der Waals surface area contributed by atoms with E-state index in [2.05, 4.69) is 32.9 Å². The summed E-state index contributed by atoms with van der Waals surface area (Å²) in [7, 11) is 0. The molecular formula is C18H20F4N5OS+. The number of aliphatic hydroxyl groups is 1. The summed E-state index contributed by atoms with van der Waals surface area (Å²) >= 11 is 3.17. The Bertz CT molecular complexity index is 939. The topological polar surface area (TPSA) is 96.4 Å². The highest BCUT2D eigenvalue weighted by atomic mass is 32.1. The minimum absolute atomic E-state index is 0.0216. The summed E-state index contributed by atoms with van der Waals surface area (Å²) in [6, 6.07) is 4.10. The molecule has 1 aromatic heterocycles. The lowest BCUT2D eigenvalue weighted by Gasteiger charge is -2.15. The number of alkyl halides is 3. The quantitative estimate of drug-likeness (QED) is 0.372. The molecule has 0 fully saturated rings. The summed E-state index contributed by atoms with van der Waals surface area (Å²) in [5.74, 6) is -0.910. The van der Waals surface area contributed by atoms with E-state index in [4.69, 9.17) is 5.73 Å². The molecule has 0 atom stereocenters. The Morgan fingerprint density at radius 2 is 2.03 bits per heavy atom. The Hall–Kier alpha value is -2.66. The maximum atomic E-state index is 14.0. The normalized spacial score (nSPS) is 13.2. The number of hydrogen-bond acceptors (Lipinski definition) is 6. The van der Waals surface area contributed by atoms with Crippen LogP contribution in [0.15, 0.2) is 40.5 Å². The predicted octanol–water partition coefficient (Wildman–Crippen LogP) is 2.89. The van der Waals surface area contributed by atoms with Crippen LogP contribution in [0.4, 0.5) is 29.2 Å². The molecule has 0 radical (unpaired) electrons. The molecule has 0 spiro atoms. The number of anilines is 2. The summed E-state index contributed by atoms with van der Waals surface area (Å²) in [6.45, 7) is 2.93. The molecule has 0 saturated carbocycles. The first-order valence-corrected chi connectivity index (χ1v) is 8.77. The number of rotatable bonds is 6. The number of aromatic nitrogens is 2. The smallest absolute Gasteiger partial charge is 0.404 e. The molecule has 29 heavy (non-hydrogen) atoms. The zero-order chi connectivity index (χ0) is 21.8. The van der Waals surface area contributed by atoms with Crippen LogP contribution in [0.3, 0.4) is 0 Å². The molecule has 0 bridgehead atoms. The van der Waals surface area contributed by atoms with E-state index < -0.39 is 28.9 Å². The van der Waals surface area contributed by atoms with Gasteiger partial charge in [-0.25, -0.2) is 14.4 Å². The Morgan fingerprint density at radius 1 is 1.34 bits per heavy atom. The van der Waals surface area contributed by atoms with Gasteiger partial charge >= 0.3 is 6.18 Å². The molecule has 0 saturated heterocycles. The highest BCUT2D eigenvalue weighted by Crippen LogP contribution is 2.34. The molecule has 11 heteroatoms. The average molecular weight is 430 g/mol. The number of aliphatic imine (C=N–C) groups is 1. The number of allylic oxidation sites excluding steroid dienone is 1. The first-order valence-electron chi connectivity index (χ1n) is 8.27. The van der Waals surface area contributed by atoms with Gasteiger partial charge in [-0.05, 0) is 38.6 Å². The van der Waals surface area contributed by atoms with Crippen LogP contribution >= 0.6 is 0 Å². The van der Waals surface area contributed by atoms with E-state index in [1.807, 2.05) is 0 Å². The fourth-order valence-corrected chi connectivity index (χ4v) is 2.37. The van der Waals surface area contributed by atoms with Gasteiger partial charge in [0.05, 0.1) is 23.5 Å². The van der Waals surface area contributed by atoms with Crippen LogP contribution < -0.4 is 11.1 Å². The number of nitrogens with two attached hydrogens (primary N) is 1. The molecule has 6 nitrogen and oxygen atoms in total. The zero-order valence-corrected chi connectivity index (χ0v) is 16.5. The van der Waals surface area contributed by atoms with Gasteiger partial charge in [0, 0.05) is 30.3 Å². The van der Waals surface area contributed by atoms with Crippen molar-refractivity contribution in [3.8, 4) is 0 Å². The third-order valence-electron chi connectivity index (χ3n) is 3.47. The van der Waals surface area contributed by atoms with Crippen LogP contribution in [-0.2, 0) is 18.8 Å². The van der Waals surface area contributed by atoms with Gasteiger partial charge in [0.25, 0.3) is 0 Å². The molecule has 0 aliphatic rings. The highest BCUT2D eigenvalue weighted by Gasteiger charge is 2.36. The fourth-order valence-electron chi connectivity index (χ4n) is 2.16. The van der Waals surface area contributed by atoms with Crippen molar-refractivity contribution < 1.29 is 22.7 Å². The molecule has 1 aromatic carbocycles. The largest absolute Gasteiger partial charge is 0.419 e. The SMILES string of the molecule is CC(C)(O)CN=C/C(=C\N)c1nc(Nc2ccc([SH2+])cc2F)ncc1C(F)(F)F. The van der Waals surface area contributed by atoms with E-state index in [9.17, 15) is 22.7 Å². The summed E-state index contributed by atoms with van der Waals surface area (Å²) in [4.78, 5) is 11.9. The Morgan fingerprint density at radius 3 is 2.59 bits per heavy atom. The van der Waals surface area contributed by atoms with Crippen LogP contribution in [0.5, 0.6) is 0 Å². The maximum absolute atomic E-state index is 14.0. The minimum atomic E-state index is -4.76. The van der Waals surface area contributed by atoms with E-state index in [1.54, 1.807) is 6.07 Å². The summed E-state index contributed by atoms with van der Waals surface area (Å²) in [5.41, 5.74) is 2.50. The summed E-state index contributed by atoms with van der Waals surface area (Å²) in [5, 5.41) is 12.2. The molecular weight excluding hydrogens is 410 g/mol. The molecule has 2 rings (SSSR count). The highest BCUT2D eigenvalue weighted by molar-refractivity contribution is 7.58. The van der Waals surface area contributed by atoms with E-state index in [0.717, 1.165) is 12.4 Å². The minimum Gasteiger partial charge on any atom is -0.404 e. The van der Waals surface area contributed by atoms with Crippen LogP contribution in [-0.4, -0.2) is 33.4 Å². The van der Waals surface area contributed by atoms with Crippen molar-refractivity contribution in [3.05, 3.63) is 47.7 Å². The van der Waals surface area contributed by atoms with E-state index >= 15 is 0 Å². The molecule has 2 aromatic rings. The molecule has 4 N–H and O–H groups in total. The van der Waals surface area contributed by atoms with Crippen LogP contribution in [0.2, 0.25) is 0 Å². The van der Waals surface area contributed by atoms with Gasteiger partial charge in [0.2, 0.25) is 5.95 Å². The van der Waals surface area contributed by atoms with Crippen molar-refractivity contribution in [1.29, 1.82) is 0 Å². The van der Waals surface area contributed by atoms with Crippen molar-refractivity contribution in [1.82, 2.24) is 9.97 Å². The maximum Gasteiger partial charge on any atom is 0.419 e. The molecule has 1 heterocycles. The van der Waals surface area contributed by atoms with Gasteiger partial charge in [0.1, 0.15) is 5.56 Å². The molecule has 0 unspecified atom stereocenters. The van der Waals surface area contributed by atoms with Gasteiger partial charge in [-0.2, -0.15) is 13.2 Å². The van der Waals surface area contributed by atoms with Gasteiger partial charge in [-0.15, -0.1) is 0 Å². The lowest BCUT2D eigenvalue weighted by atomic mass is 10.1. The van der Waals surface area contributed by atoms with Crippen molar-refractivity contribution in [2.75, 3.05) is 11.9 Å². The van der Waals surface area contributed by atoms with E-state index in [-0.39, 0.29) is 23.8 Å². The molecule has 0 aliphatic carbocycles. The van der Waals surface area contributed by atoms with Gasteiger partial charge in [-0.3, -0.25) is 4.99 Å². The van der Waals surface area contributed by atoms with Crippen molar-refractivity contribution in [3.63, 3.8) is 0 Å². The first kappa shape index (κ1) is 22.6. The van der Waals surface area contributed by atoms with Gasteiger partial charge < -0.3 is 16.2 Å². The standard InChI is InChI=1S/C18H19F4N5OS/c1-17(2,28)9-24-7-10(6-23)15-12(18(20,21)22)8-25-16(27-15)26-14-4-3-11(29)5-13(14)19/h3-8,28-29H,9,23H2,1-2H3,(H,25,26,27)/p+1/b10-6+,24-7?. The first-order chi connectivity index (χ1) is 13.4. The second kappa shape index (κ2) is 8.78. The lowest BCUT2D eigenvalue weighted by Crippen LogP contribution is -2.22. The zero-order valence-electron chi connectivity index (χ0n) is 15.5. The Balaban J connectivity index is 2.45. The molecule has 0 amide bonds. The second-order valence-electron chi connectivity index (χ2n) is 6.68. The third kappa shape index (κ3) is 6.43. The number of hydrogen-bond donors (Lipinski definition) is 3. The average Bonchev–Trinajstić information content (AvgIpc) is 2.59. The van der Waals surface area contributed by atoms with E-state index in [0.29, 0.717) is 11.1 Å². The summed E-state index contributed by atoms with van der Waals surface area (Å²) < 4.78 is 54.2. The van der Waals surface area contributed by atoms with E-state index in [1.165, 1.54) is 26.0 Å². The monoisotopic (exact) mass is 430 g/mol. The number of nitrogens with zero attached hydrogens (tertiary/aromatic N) is 3. The van der Waals surface area contributed by atoms with Crippen LogP contribution in [0.25, 0.3) is 5.57 Å². The van der Waals surface area contributed by atoms with Crippen LogP contribution in [0, 0.1) is 5.82 Å². The van der Waals surface area contributed by atoms with Crippen molar-refractivity contribution in [2.24, 2.45) is 10.7 Å². The van der Waals surface area contributed by atoms with Crippen molar-refractivity contribution in [2.45, 2.75) is 30.5 Å². The lowest BCUT2D eigenvalue weighted by molar-refractivity contribution is -0.138. The molecule has 0 aliphatic heterocycles. The third-order valence-corrected chi connectivity index (χ3v) is 3.78. The number of nitrogens with one attached hydrogen (secondary N) is 1. The number of benzene rings is 1. The fraction of sp³-hybridized carbons (Fsp3) is 0.278. The Labute approximate surface area is 170 Å². The molecule has 156 valence electrons. The summed E-state index contributed by atoms with van der Waals surface area (Å²) in [6.07, 6.45) is -2.18. The Kier molecular flexibility index (Phi) is 6.85. The van der Waals surface area contributed by atoms with Crippen molar-refractivity contribution >= 4 is 36.1 Å².